The van der Waals surface area contributed by atoms with Crippen molar-refractivity contribution in [3.05, 3.63) is 39.9 Å². The number of sulfone groups is 1. The Labute approximate surface area is 140 Å². The fourth-order valence-electron chi connectivity index (χ4n) is 2.55. The molecule has 1 aromatic rings. The number of hydrogen-bond acceptors (Lipinski definition) is 3. The maximum Gasteiger partial charge on any atom is 0.246 e. The molecular weight excluding hydrogens is 345 g/mol. The molecule has 0 aromatic heterocycles. The Hall–Kier alpha value is -1.04. The SMILES string of the molecule is CCN(C(=O)C=Cc1cc(Cl)cc(Cl)c1)C1CCS(=O)(=O)C1. The first-order chi connectivity index (χ1) is 10.3. The summed E-state index contributed by atoms with van der Waals surface area (Å²) < 4.78 is 23.1. The summed E-state index contributed by atoms with van der Waals surface area (Å²) in [6, 6.07) is 4.78. The van der Waals surface area contributed by atoms with Crippen LogP contribution >= 0.6 is 23.2 Å². The number of nitrogens with zero attached hydrogens (tertiary/aromatic N) is 1. The van der Waals surface area contributed by atoms with Crippen molar-refractivity contribution in [1.29, 1.82) is 0 Å². The van der Waals surface area contributed by atoms with Gasteiger partial charge < -0.3 is 4.90 Å². The molecule has 0 saturated carbocycles. The fraction of sp³-hybridized carbons (Fsp3) is 0.400. The zero-order chi connectivity index (χ0) is 16.3. The van der Waals surface area contributed by atoms with Crippen LogP contribution in [0.15, 0.2) is 24.3 Å². The van der Waals surface area contributed by atoms with Crippen molar-refractivity contribution < 1.29 is 13.2 Å². The molecule has 0 N–H and O–H groups in total. The summed E-state index contributed by atoms with van der Waals surface area (Å²) in [6.45, 7) is 2.31. The van der Waals surface area contributed by atoms with Gasteiger partial charge >= 0.3 is 0 Å². The van der Waals surface area contributed by atoms with Gasteiger partial charge in [-0.2, -0.15) is 0 Å². The van der Waals surface area contributed by atoms with Crippen LogP contribution in [0.2, 0.25) is 10.0 Å². The van der Waals surface area contributed by atoms with Gasteiger partial charge in [-0.1, -0.05) is 23.2 Å². The zero-order valence-corrected chi connectivity index (χ0v) is 14.5. The molecule has 1 heterocycles. The standard InChI is InChI=1S/C15H17Cl2NO3S/c1-2-18(14-5-6-22(20,21)10-14)15(19)4-3-11-7-12(16)9-13(17)8-11/h3-4,7-9,14H,2,5-6,10H2,1H3. The van der Waals surface area contributed by atoms with Gasteiger partial charge in [0.1, 0.15) is 0 Å². The van der Waals surface area contributed by atoms with E-state index in [-0.39, 0.29) is 23.5 Å². The molecule has 1 amide bonds. The molecule has 1 atom stereocenters. The summed E-state index contributed by atoms with van der Waals surface area (Å²) in [6.07, 6.45) is 3.56. The number of likely N-dealkylation sites (N-methyl/N-ethyl adjacent to an activating group) is 1. The van der Waals surface area contributed by atoms with Crippen molar-refractivity contribution in [1.82, 2.24) is 4.90 Å². The van der Waals surface area contributed by atoms with Gasteiger partial charge in [0.25, 0.3) is 0 Å². The van der Waals surface area contributed by atoms with E-state index >= 15 is 0 Å². The number of rotatable bonds is 4. The van der Waals surface area contributed by atoms with Crippen LogP contribution < -0.4 is 0 Å². The molecule has 0 aliphatic carbocycles. The summed E-state index contributed by atoms with van der Waals surface area (Å²) in [5, 5.41) is 0.989. The van der Waals surface area contributed by atoms with Crippen LogP contribution in [0.4, 0.5) is 0 Å². The molecule has 0 radical (unpaired) electrons. The third-order valence-electron chi connectivity index (χ3n) is 3.58. The van der Waals surface area contributed by atoms with E-state index in [0.717, 1.165) is 5.56 Å². The van der Waals surface area contributed by atoms with Crippen LogP contribution in [-0.2, 0) is 14.6 Å². The topological polar surface area (TPSA) is 54.5 Å². The largest absolute Gasteiger partial charge is 0.335 e. The minimum Gasteiger partial charge on any atom is -0.335 e. The van der Waals surface area contributed by atoms with Crippen LogP contribution in [0.25, 0.3) is 6.08 Å². The molecule has 1 aromatic carbocycles. The minimum atomic E-state index is -3.02. The lowest BCUT2D eigenvalue weighted by Crippen LogP contribution is -2.40. The summed E-state index contributed by atoms with van der Waals surface area (Å²) in [4.78, 5) is 13.9. The van der Waals surface area contributed by atoms with Crippen molar-refractivity contribution in [3.8, 4) is 0 Å². The Morgan fingerprint density at radius 2 is 1.95 bits per heavy atom. The molecule has 1 saturated heterocycles. The molecule has 7 heteroatoms. The van der Waals surface area contributed by atoms with E-state index in [4.69, 9.17) is 23.2 Å². The predicted molar refractivity (Wildman–Crippen MR) is 89.9 cm³/mol. The average Bonchev–Trinajstić information content (AvgIpc) is 2.76. The van der Waals surface area contributed by atoms with Crippen molar-refractivity contribution >= 4 is 45.0 Å². The molecule has 22 heavy (non-hydrogen) atoms. The molecule has 2 rings (SSSR count). The number of hydrogen-bond donors (Lipinski definition) is 0. The van der Waals surface area contributed by atoms with Gasteiger partial charge in [-0.15, -0.1) is 0 Å². The zero-order valence-electron chi connectivity index (χ0n) is 12.1. The van der Waals surface area contributed by atoms with Crippen molar-refractivity contribution in [2.75, 3.05) is 18.1 Å². The maximum atomic E-state index is 12.3. The minimum absolute atomic E-state index is 0.0451. The number of benzene rings is 1. The lowest BCUT2D eigenvalue weighted by Gasteiger charge is -2.25. The molecule has 1 aliphatic rings. The van der Waals surface area contributed by atoms with Crippen molar-refractivity contribution in [2.45, 2.75) is 19.4 Å². The average molecular weight is 362 g/mol. The monoisotopic (exact) mass is 361 g/mol. The fourth-order valence-corrected chi connectivity index (χ4v) is 4.82. The lowest BCUT2D eigenvalue weighted by molar-refractivity contribution is -0.127. The molecule has 120 valence electrons. The normalized spacial score (nSPS) is 20.4. The first-order valence-corrected chi connectivity index (χ1v) is 9.53. The first-order valence-electron chi connectivity index (χ1n) is 6.96. The second kappa shape index (κ2) is 7.02. The Bertz CT molecular complexity index is 680. The number of carbonyl (C=O) groups excluding carboxylic acids is 1. The van der Waals surface area contributed by atoms with Crippen molar-refractivity contribution in [3.63, 3.8) is 0 Å². The molecule has 1 unspecified atom stereocenters. The van der Waals surface area contributed by atoms with Crippen LogP contribution in [0.1, 0.15) is 18.9 Å². The molecule has 1 aliphatic heterocycles. The van der Waals surface area contributed by atoms with E-state index in [1.165, 1.54) is 6.08 Å². The second-order valence-electron chi connectivity index (χ2n) is 5.22. The molecule has 0 spiro atoms. The summed E-state index contributed by atoms with van der Waals surface area (Å²) in [5.74, 6) is -0.0148. The first kappa shape index (κ1) is 17.3. The maximum absolute atomic E-state index is 12.3. The van der Waals surface area contributed by atoms with Gasteiger partial charge in [-0.3, -0.25) is 4.79 Å². The van der Waals surface area contributed by atoms with Crippen LogP contribution in [0.5, 0.6) is 0 Å². The molecular formula is C15H17Cl2NO3S. The number of halogens is 2. The molecule has 0 bridgehead atoms. The number of carbonyl (C=O) groups is 1. The van der Waals surface area contributed by atoms with Gasteiger partial charge in [0.2, 0.25) is 5.91 Å². The van der Waals surface area contributed by atoms with Gasteiger partial charge in [-0.25, -0.2) is 8.42 Å². The number of amides is 1. The Morgan fingerprint density at radius 3 is 2.45 bits per heavy atom. The second-order valence-corrected chi connectivity index (χ2v) is 8.32. The van der Waals surface area contributed by atoms with Gasteiger partial charge in [-0.05, 0) is 43.2 Å². The van der Waals surface area contributed by atoms with Crippen LogP contribution in [-0.4, -0.2) is 43.3 Å². The highest BCUT2D eigenvalue weighted by Gasteiger charge is 2.33. The Kier molecular flexibility index (Phi) is 5.53. The molecule has 1 fully saturated rings. The van der Waals surface area contributed by atoms with E-state index in [0.29, 0.717) is 23.0 Å². The summed E-state index contributed by atoms with van der Waals surface area (Å²) in [5.41, 5.74) is 0.723. The summed E-state index contributed by atoms with van der Waals surface area (Å²) in [7, 11) is -3.02. The van der Waals surface area contributed by atoms with Crippen LogP contribution in [0, 0.1) is 0 Å². The molecule has 4 nitrogen and oxygen atoms in total. The smallest absolute Gasteiger partial charge is 0.246 e. The summed E-state index contributed by atoms with van der Waals surface area (Å²) >= 11 is 11.8. The lowest BCUT2D eigenvalue weighted by atomic mass is 10.2. The quantitative estimate of drug-likeness (QED) is 0.774. The highest BCUT2D eigenvalue weighted by atomic mass is 35.5. The predicted octanol–water partition coefficient (Wildman–Crippen LogP) is 3.04. The van der Waals surface area contributed by atoms with E-state index in [9.17, 15) is 13.2 Å². The van der Waals surface area contributed by atoms with E-state index in [1.807, 2.05) is 6.92 Å². The van der Waals surface area contributed by atoms with E-state index in [2.05, 4.69) is 0 Å². The van der Waals surface area contributed by atoms with E-state index in [1.54, 1.807) is 29.2 Å². The van der Waals surface area contributed by atoms with Gasteiger partial charge in [0.15, 0.2) is 9.84 Å². The third-order valence-corrected chi connectivity index (χ3v) is 5.76. The Balaban J connectivity index is 2.10. The Morgan fingerprint density at radius 1 is 1.32 bits per heavy atom. The highest BCUT2D eigenvalue weighted by molar-refractivity contribution is 7.91. The van der Waals surface area contributed by atoms with Crippen molar-refractivity contribution in [2.24, 2.45) is 0 Å². The van der Waals surface area contributed by atoms with Gasteiger partial charge in [0, 0.05) is 28.7 Å². The van der Waals surface area contributed by atoms with Crippen LogP contribution in [0.3, 0.4) is 0 Å². The highest BCUT2D eigenvalue weighted by Crippen LogP contribution is 2.21. The van der Waals surface area contributed by atoms with E-state index < -0.39 is 9.84 Å². The third kappa shape index (κ3) is 4.48. The van der Waals surface area contributed by atoms with Gasteiger partial charge in [0.05, 0.1) is 11.5 Å².